The summed E-state index contributed by atoms with van der Waals surface area (Å²) < 4.78 is 5.22. The van der Waals surface area contributed by atoms with Crippen LogP contribution in [0.5, 0.6) is 0 Å². The van der Waals surface area contributed by atoms with Crippen molar-refractivity contribution in [2.45, 2.75) is 6.42 Å². The summed E-state index contributed by atoms with van der Waals surface area (Å²) in [5.41, 5.74) is 1.56. The molecule has 3 nitrogen and oxygen atoms in total. The van der Waals surface area contributed by atoms with E-state index < -0.39 is 0 Å². The van der Waals surface area contributed by atoms with Crippen molar-refractivity contribution >= 4 is 23.0 Å². The van der Waals surface area contributed by atoms with Gasteiger partial charge >= 0.3 is 5.97 Å². The molecule has 1 aromatic carbocycles. The van der Waals surface area contributed by atoms with Gasteiger partial charge in [-0.15, -0.1) is 11.3 Å². The first kappa shape index (κ1) is 12.6. The van der Waals surface area contributed by atoms with E-state index in [1.54, 1.807) is 23.5 Å². The van der Waals surface area contributed by atoms with Crippen LogP contribution in [0.4, 0.5) is 5.69 Å². The largest absolute Gasteiger partial charge is 0.462 e. The Morgan fingerprint density at radius 3 is 2.67 bits per heavy atom. The molecule has 1 heterocycles. The van der Waals surface area contributed by atoms with E-state index in [1.807, 2.05) is 36.7 Å². The van der Waals surface area contributed by atoms with Crippen molar-refractivity contribution in [3.63, 3.8) is 0 Å². The maximum atomic E-state index is 11.7. The molecule has 2 rings (SSSR count). The first-order chi connectivity index (χ1) is 8.79. The molecule has 1 N–H and O–H groups in total. The molecule has 0 radical (unpaired) electrons. The highest BCUT2D eigenvalue weighted by molar-refractivity contribution is 7.09. The van der Waals surface area contributed by atoms with Crippen LogP contribution in [-0.2, 0) is 11.2 Å². The fourth-order valence-electron chi connectivity index (χ4n) is 1.56. The van der Waals surface area contributed by atoms with Crippen LogP contribution in [0.2, 0.25) is 0 Å². The second-order valence-electron chi connectivity index (χ2n) is 3.79. The maximum Gasteiger partial charge on any atom is 0.338 e. The van der Waals surface area contributed by atoms with Crippen LogP contribution < -0.4 is 5.32 Å². The average Bonchev–Trinajstić information content (AvgIpc) is 2.92. The molecule has 0 atom stereocenters. The van der Waals surface area contributed by atoms with E-state index in [9.17, 15) is 4.79 Å². The van der Waals surface area contributed by atoms with E-state index in [-0.39, 0.29) is 5.97 Å². The van der Waals surface area contributed by atoms with Gasteiger partial charge in [0.1, 0.15) is 0 Å². The van der Waals surface area contributed by atoms with Crippen molar-refractivity contribution in [1.29, 1.82) is 0 Å². The summed E-state index contributed by atoms with van der Waals surface area (Å²) in [4.78, 5) is 13.0. The lowest BCUT2D eigenvalue weighted by Crippen LogP contribution is -2.07. The third-order valence-electron chi connectivity index (χ3n) is 2.57. The first-order valence-corrected chi connectivity index (χ1v) is 6.65. The predicted octanol–water partition coefficient (Wildman–Crippen LogP) is 3.19. The highest BCUT2D eigenvalue weighted by Crippen LogP contribution is 2.11. The fourth-order valence-corrected chi connectivity index (χ4v) is 2.25. The summed E-state index contributed by atoms with van der Waals surface area (Å²) in [5.74, 6) is -0.269. The SMILES string of the molecule is CNc1ccc(C(=O)OCCc2cccs2)cc1. The number of ether oxygens (including phenoxy) is 1. The zero-order chi connectivity index (χ0) is 12.8. The minimum absolute atomic E-state index is 0.269. The minimum atomic E-state index is -0.269. The second-order valence-corrected chi connectivity index (χ2v) is 4.82. The van der Waals surface area contributed by atoms with E-state index in [2.05, 4.69) is 5.32 Å². The highest BCUT2D eigenvalue weighted by Gasteiger charge is 2.06. The molecular formula is C14H15NO2S. The fraction of sp³-hybridized carbons (Fsp3) is 0.214. The summed E-state index contributed by atoms with van der Waals surface area (Å²) in [7, 11) is 1.84. The Morgan fingerprint density at radius 1 is 1.28 bits per heavy atom. The lowest BCUT2D eigenvalue weighted by Gasteiger charge is -2.05. The van der Waals surface area contributed by atoms with Gasteiger partial charge in [-0.3, -0.25) is 0 Å². The Morgan fingerprint density at radius 2 is 2.06 bits per heavy atom. The molecule has 0 amide bonds. The molecule has 0 aliphatic rings. The van der Waals surface area contributed by atoms with E-state index in [4.69, 9.17) is 4.74 Å². The summed E-state index contributed by atoms with van der Waals surface area (Å²) in [6.07, 6.45) is 0.776. The van der Waals surface area contributed by atoms with Crippen LogP contribution in [0.15, 0.2) is 41.8 Å². The number of anilines is 1. The molecule has 4 heteroatoms. The molecule has 0 fully saturated rings. The molecule has 18 heavy (non-hydrogen) atoms. The predicted molar refractivity (Wildman–Crippen MR) is 74.3 cm³/mol. The molecular weight excluding hydrogens is 246 g/mol. The zero-order valence-corrected chi connectivity index (χ0v) is 11.0. The Bertz CT molecular complexity index is 491. The normalized spacial score (nSPS) is 10.1. The van der Waals surface area contributed by atoms with Crippen molar-refractivity contribution in [3.05, 3.63) is 52.2 Å². The number of hydrogen-bond donors (Lipinski definition) is 1. The monoisotopic (exact) mass is 261 g/mol. The molecule has 0 saturated carbocycles. The highest BCUT2D eigenvalue weighted by atomic mass is 32.1. The number of thiophene rings is 1. The van der Waals surface area contributed by atoms with Crippen LogP contribution in [0.25, 0.3) is 0 Å². The van der Waals surface area contributed by atoms with Crippen molar-refractivity contribution in [2.75, 3.05) is 19.0 Å². The quantitative estimate of drug-likeness (QED) is 0.840. The van der Waals surface area contributed by atoms with E-state index in [0.717, 1.165) is 12.1 Å². The molecule has 94 valence electrons. The van der Waals surface area contributed by atoms with Crippen molar-refractivity contribution in [3.8, 4) is 0 Å². The van der Waals surface area contributed by atoms with Crippen molar-refractivity contribution in [2.24, 2.45) is 0 Å². The molecule has 0 aliphatic heterocycles. The Hall–Kier alpha value is -1.81. The third-order valence-corrected chi connectivity index (χ3v) is 3.51. The van der Waals surface area contributed by atoms with Gasteiger partial charge in [0.2, 0.25) is 0 Å². The maximum absolute atomic E-state index is 11.7. The van der Waals surface area contributed by atoms with Crippen molar-refractivity contribution in [1.82, 2.24) is 0 Å². The van der Waals surface area contributed by atoms with Crippen LogP contribution in [0.3, 0.4) is 0 Å². The molecule has 0 unspecified atom stereocenters. The third kappa shape index (κ3) is 3.34. The number of carbonyl (C=O) groups is 1. The minimum Gasteiger partial charge on any atom is -0.462 e. The number of rotatable bonds is 5. The lowest BCUT2D eigenvalue weighted by atomic mass is 10.2. The number of nitrogens with one attached hydrogen (secondary N) is 1. The van der Waals surface area contributed by atoms with E-state index >= 15 is 0 Å². The number of carbonyl (C=O) groups excluding carboxylic acids is 1. The van der Waals surface area contributed by atoms with Gasteiger partial charge in [-0.2, -0.15) is 0 Å². The smallest absolute Gasteiger partial charge is 0.338 e. The Labute approximate surface area is 110 Å². The Balaban J connectivity index is 1.83. The standard InChI is InChI=1S/C14H15NO2S/c1-15-12-6-4-11(5-7-12)14(16)17-9-8-13-3-2-10-18-13/h2-7,10,15H,8-9H2,1H3. The van der Waals surface area contributed by atoms with Gasteiger partial charge < -0.3 is 10.1 Å². The summed E-state index contributed by atoms with van der Waals surface area (Å²) >= 11 is 1.68. The first-order valence-electron chi connectivity index (χ1n) is 5.77. The van der Waals surface area contributed by atoms with Crippen LogP contribution >= 0.6 is 11.3 Å². The topological polar surface area (TPSA) is 38.3 Å². The summed E-state index contributed by atoms with van der Waals surface area (Å²) in [5, 5.41) is 5.03. The van der Waals surface area contributed by atoms with Gasteiger partial charge in [0.15, 0.2) is 0 Å². The lowest BCUT2D eigenvalue weighted by molar-refractivity contribution is 0.0510. The van der Waals surface area contributed by atoms with E-state index in [0.29, 0.717) is 12.2 Å². The van der Waals surface area contributed by atoms with Gasteiger partial charge in [0, 0.05) is 24.0 Å². The molecule has 2 aromatic rings. The molecule has 0 spiro atoms. The van der Waals surface area contributed by atoms with Gasteiger partial charge in [0.25, 0.3) is 0 Å². The average molecular weight is 261 g/mol. The number of esters is 1. The number of hydrogen-bond acceptors (Lipinski definition) is 4. The van der Waals surface area contributed by atoms with Crippen LogP contribution in [0.1, 0.15) is 15.2 Å². The zero-order valence-electron chi connectivity index (χ0n) is 10.2. The van der Waals surface area contributed by atoms with Crippen LogP contribution in [-0.4, -0.2) is 19.6 Å². The van der Waals surface area contributed by atoms with Gasteiger partial charge in [-0.1, -0.05) is 6.07 Å². The second kappa shape index (κ2) is 6.21. The van der Waals surface area contributed by atoms with Crippen molar-refractivity contribution < 1.29 is 9.53 Å². The van der Waals surface area contributed by atoms with Gasteiger partial charge in [-0.05, 0) is 35.7 Å². The summed E-state index contributed by atoms with van der Waals surface area (Å²) in [6.45, 7) is 0.424. The Kier molecular flexibility index (Phi) is 4.36. The molecule has 1 aromatic heterocycles. The molecule has 0 aliphatic carbocycles. The van der Waals surface area contributed by atoms with Gasteiger partial charge in [0.05, 0.1) is 12.2 Å². The van der Waals surface area contributed by atoms with Gasteiger partial charge in [-0.25, -0.2) is 4.79 Å². The summed E-state index contributed by atoms with van der Waals surface area (Å²) in [6, 6.07) is 11.3. The van der Waals surface area contributed by atoms with Crippen LogP contribution in [0, 0.1) is 0 Å². The molecule has 0 saturated heterocycles. The van der Waals surface area contributed by atoms with E-state index in [1.165, 1.54) is 4.88 Å². The number of benzene rings is 1. The molecule has 0 bridgehead atoms.